The maximum atomic E-state index is 6.06. The van der Waals surface area contributed by atoms with Gasteiger partial charge in [-0.2, -0.15) is 5.10 Å². The highest BCUT2D eigenvalue weighted by molar-refractivity contribution is 4.97. The van der Waals surface area contributed by atoms with Crippen LogP contribution in [0.15, 0.2) is 6.33 Å². The van der Waals surface area contributed by atoms with E-state index in [1.165, 1.54) is 32.1 Å². The first-order chi connectivity index (χ1) is 8.19. The summed E-state index contributed by atoms with van der Waals surface area (Å²) in [6, 6.07) is 0. The van der Waals surface area contributed by atoms with Gasteiger partial charge in [-0.1, -0.05) is 26.2 Å². The molecule has 0 aromatic carbocycles. The number of nitrogens with zero attached hydrogens (tertiary/aromatic N) is 3. The molecular formula is C13H24N4. The Kier molecular flexibility index (Phi) is 3.82. The number of hydrogen-bond acceptors (Lipinski definition) is 3. The topological polar surface area (TPSA) is 56.7 Å². The van der Waals surface area contributed by atoms with Crippen molar-refractivity contribution in [1.82, 2.24) is 14.8 Å². The lowest BCUT2D eigenvalue weighted by atomic mass is 9.67. The van der Waals surface area contributed by atoms with Crippen molar-refractivity contribution in [3.8, 4) is 0 Å². The molecule has 4 nitrogen and oxygen atoms in total. The van der Waals surface area contributed by atoms with E-state index in [0.29, 0.717) is 0 Å². The van der Waals surface area contributed by atoms with Crippen LogP contribution in [0, 0.1) is 11.3 Å². The van der Waals surface area contributed by atoms with Gasteiger partial charge in [-0.25, -0.2) is 4.98 Å². The van der Waals surface area contributed by atoms with Crippen molar-refractivity contribution >= 4 is 0 Å². The van der Waals surface area contributed by atoms with Gasteiger partial charge in [0.05, 0.1) is 0 Å². The SMILES string of the molecule is CCC1CCCC(CN)(Cc2ncnn2C)C1. The first-order valence-electron chi connectivity index (χ1n) is 6.72. The molecule has 0 amide bonds. The van der Waals surface area contributed by atoms with Crippen LogP contribution in [0.4, 0.5) is 0 Å². The van der Waals surface area contributed by atoms with Crippen LogP contribution in [0.3, 0.4) is 0 Å². The highest BCUT2D eigenvalue weighted by Gasteiger charge is 2.35. The summed E-state index contributed by atoms with van der Waals surface area (Å²) >= 11 is 0. The summed E-state index contributed by atoms with van der Waals surface area (Å²) in [5.41, 5.74) is 6.33. The van der Waals surface area contributed by atoms with Gasteiger partial charge in [0.25, 0.3) is 0 Å². The molecule has 2 atom stereocenters. The van der Waals surface area contributed by atoms with Crippen LogP contribution < -0.4 is 5.73 Å². The van der Waals surface area contributed by atoms with E-state index >= 15 is 0 Å². The summed E-state index contributed by atoms with van der Waals surface area (Å²) in [6.45, 7) is 3.07. The molecule has 17 heavy (non-hydrogen) atoms. The molecule has 1 aliphatic rings. The van der Waals surface area contributed by atoms with Gasteiger partial charge >= 0.3 is 0 Å². The molecule has 2 unspecified atom stereocenters. The molecule has 4 heteroatoms. The van der Waals surface area contributed by atoms with Gasteiger partial charge in [0.15, 0.2) is 0 Å². The first kappa shape index (κ1) is 12.6. The molecule has 1 fully saturated rings. The summed E-state index contributed by atoms with van der Waals surface area (Å²) in [6.07, 6.45) is 9.08. The monoisotopic (exact) mass is 236 g/mol. The third-order valence-electron chi connectivity index (χ3n) is 4.39. The second-order valence-electron chi connectivity index (χ2n) is 5.55. The van der Waals surface area contributed by atoms with Crippen LogP contribution >= 0.6 is 0 Å². The minimum atomic E-state index is 0.264. The van der Waals surface area contributed by atoms with Gasteiger partial charge in [0.2, 0.25) is 0 Å². The van der Waals surface area contributed by atoms with Crippen LogP contribution in [0.1, 0.15) is 44.9 Å². The van der Waals surface area contributed by atoms with Crippen molar-refractivity contribution in [2.45, 2.75) is 45.4 Å². The van der Waals surface area contributed by atoms with E-state index in [0.717, 1.165) is 24.7 Å². The third kappa shape index (κ3) is 2.68. The summed E-state index contributed by atoms with van der Waals surface area (Å²) in [4.78, 5) is 4.35. The third-order valence-corrected chi connectivity index (χ3v) is 4.39. The molecule has 1 saturated carbocycles. The van der Waals surface area contributed by atoms with E-state index in [1.807, 2.05) is 11.7 Å². The normalized spacial score (nSPS) is 29.5. The largest absolute Gasteiger partial charge is 0.330 e. The van der Waals surface area contributed by atoms with E-state index < -0.39 is 0 Å². The van der Waals surface area contributed by atoms with E-state index in [9.17, 15) is 0 Å². The molecule has 0 saturated heterocycles. The maximum absolute atomic E-state index is 6.06. The Labute approximate surface area is 104 Å². The van der Waals surface area contributed by atoms with Crippen molar-refractivity contribution in [2.75, 3.05) is 6.54 Å². The molecule has 0 aliphatic heterocycles. The van der Waals surface area contributed by atoms with Crippen molar-refractivity contribution < 1.29 is 0 Å². The minimum Gasteiger partial charge on any atom is -0.330 e. The second-order valence-corrected chi connectivity index (χ2v) is 5.55. The van der Waals surface area contributed by atoms with Gasteiger partial charge in [-0.15, -0.1) is 0 Å². The van der Waals surface area contributed by atoms with Gasteiger partial charge in [0, 0.05) is 13.5 Å². The van der Waals surface area contributed by atoms with E-state index in [-0.39, 0.29) is 5.41 Å². The Morgan fingerprint density at radius 1 is 1.59 bits per heavy atom. The smallest absolute Gasteiger partial charge is 0.138 e. The lowest BCUT2D eigenvalue weighted by Crippen LogP contribution is -2.38. The number of aromatic nitrogens is 3. The molecule has 0 spiro atoms. The Hall–Kier alpha value is -0.900. The zero-order valence-corrected chi connectivity index (χ0v) is 11.0. The maximum Gasteiger partial charge on any atom is 0.138 e. The van der Waals surface area contributed by atoms with Crippen LogP contribution in [-0.4, -0.2) is 21.3 Å². The number of hydrogen-bond donors (Lipinski definition) is 1. The van der Waals surface area contributed by atoms with Crippen molar-refractivity contribution in [1.29, 1.82) is 0 Å². The summed E-state index contributed by atoms with van der Waals surface area (Å²) in [5, 5.41) is 4.15. The van der Waals surface area contributed by atoms with Gasteiger partial charge in [-0.3, -0.25) is 4.68 Å². The van der Waals surface area contributed by atoms with E-state index in [4.69, 9.17) is 5.73 Å². The van der Waals surface area contributed by atoms with Gasteiger partial charge in [0.1, 0.15) is 12.2 Å². The Morgan fingerprint density at radius 2 is 2.41 bits per heavy atom. The molecule has 0 bridgehead atoms. The van der Waals surface area contributed by atoms with Gasteiger partial charge < -0.3 is 5.73 Å². The molecule has 1 aromatic heterocycles. The molecule has 1 aromatic rings. The molecule has 1 aliphatic carbocycles. The van der Waals surface area contributed by atoms with Crippen LogP contribution in [-0.2, 0) is 13.5 Å². The summed E-state index contributed by atoms with van der Waals surface area (Å²) in [5.74, 6) is 1.92. The lowest BCUT2D eigenvalue weighted by Gasteiger charge is -2.40. The lowest BCUT2D eigenvalue weighted by molar-refractivity contribution is 0.138. The van der Waals surface area contributed by atoms with Crippen LogP contribution in [0.25, 0.3) is 0 Å². The summed E-state index contributed by atoms with van der Waals surface area (Å²) < 4.78 is 1.88. The molecule has 2 rings (SSSR count). The standard InChI is InChI=1S/C13H24N4/c1-3-11-5-4-6-13(7-11,9-14)8-12-15-10-16-17(12)2/h10-11H,3-9,14H2,1-2H3. The fourth-order valence-electron chi connectivity index (χ4n) is 3.16. The number of rotatable bonds is 4. The predicted molar refractivity (Wildman–Crippen MR) is 68.4 cm³/mol. The Bertz CT molecular complexity index is 360. The average molecular weight is 236 g/mol. The van der Waals surface area contributed by atoms with Crippen molar-refractivity contribution in [3.05, 3.63) is 12.2 Å². The quantitative estimate of drug-likeness (QED) is 0.868. The highest BCUT2D eigenvalue weighted by Crippen LogP contribution is 2.41. The molecule has 2 N–H and O–H groups in total. The van der Waals surface area contributed by atoms with E-state index in [1.54, 1.807) is 6.33 Å². The Morgan fingerprint density at radius 3 is 3.00 bits per heavy atom. The zero-order chi connectivity index (χ0) is 12.3. The van der Waals surface area contributed by atoms with E-state index in [2.05, 4.69) is 17.0 Å². The molecule has 0 radical (unpaired) electrons. The predicted octanol–water partition coefficient (Wildman–Crippen LogP) is 1.90. The molecular weight excluding hydrogens is 212 g/mol. The van der Waals surface area contributed by atoms with Gasteiger partial charge in [-0.05, 0) is 30.7 Å². The first-order valence-corrected chi connectivity index (χ1v) is 6.72. The Balaban J connectivity index is 2.11. The summed E-state index contributed by atoms with van der Waals surface area (Å²) in [7, 11) is 1.96. The highest BCUT2D eigenvalue weighted by atomic mass is 15.3. The number of aryl methyl sites for hydroxylation is 1. The van der Waals surface area contributed by atoms with Crippen molar-refractivity contribution in [2.24, 2.45) is 24.1 Å². The molecule has 1 heterocycles. The van der Waals surface area contributed by atoms with Crippen LogP contribution in [0.5, 0.6) is 0 Å². The van der Waals surface area contributed by atoms with Crippen molar-refractivity contribution in [3.63, 3.8) is 0 Å². The average Bonchev–Trinajstić information content (AvgIpc) is 2.75. The van der Waals surface area contributed by atoms with Crippen LogP contribution in [0.2, 0.25) is 0 Å². The fraction of sp³-hybridized carbons (Fsp3) is 0.846. The zero-order valence-electron chi connectivity index (χ0n) is 11.0. The second kappa shape index (κ2) is 5.17. The molecule has 96 valence electrons. The number of nitrogens with two attached hydrogens (primary N) is 1. The minimum absolute atomic E-state index is 0.264. The fourth-order valence-corrected chi connectivity index (χ4v) is 3.16.